The molecule has 1 aromatic carbocycles. The summed E-state index contributed by atoms with van der Waals surface area (Å²) in [6.07, 6.45) is 2.09. The van der Waals surface area contributed by atoms with Crippen LogP contribution in [0.4, 0.5) is 0 Å². The van der Waals surface area contributed by atoms with Gasteiger partial charge in [-0.15, -0.1) is 0 Å². The van der Waals surface area contributed by atoms with Gasteiger partial charge in [0, 0.05) is 6.54 Å². The van der Waals surface area contributed by atoms with E-state index >= 15 is 0 Å². The van der Waals surface area contributed by atoms with Crippen LogP contribution < -0.4 is 0 Å². The van der Waals surface area contributed by atoms with Gasteiger partial charge in [0.2, 0.25) is 0 Å². The number of nitrogens with zero attached hydrogens (tertiary/aromatic N) is 2. The van der Waals surface area contributed by atoms with Gasteiger partial charge >= 0.3 is 0 Å². The highest BCUT2D eigenvalue weighted by Crippen LogP contribution is 2.32. The van der Waals surface area contributed by atoms with Crippen LogP contribution in [-0.2, 0) is 6.54 Å². The molecule has 0 aliphatic rings. The average Bonchev–Trinajstić information content (AvgIpc) is 2.70. The van der Waals surface area contributed by atoms with Gasteiger partial charge in [0.05, 0.1) is 16.4 Å². The third kappa shape index (κ3) is 2.74. The van der Waals surface area contributed by atoms with Gasteiger partial charge in [-0.3, -0.25) is 4.68 Å². The van der Waals surface area contributed by atoms with Crippen LogP contribution >= 0.6 is 15.9 Å². The number of aliphatic hydroxyl groups is 1. The van der Waals surface area contributed by atoms with Crippen molar-refractivity contribution in [1.29, 1.82) is 0 Å². The first kappa shape index (κ1) is 14.3. The molecule has 4 heteroatoms. The predicted molar refractivity (Wildman–Crippen MR) is 80.2 cm³/mol. The molecule has 0 fully saturated rings. The molecule has 0 saturated carbocycles. The summed E-state index contributed by atoms with van der Waals surface area (Å²) in [5, 5.41) is 15.1. The normalized spacial score (nSPS) is 12.7. The van der Waals surface area contributed by atoms with E-state index in [2.05, 4.69) is 28.0 Å². The maximum atomic E-state index is 10.7. The Bertz CT molecular complexity index is 557. The zero-order chi connectivity index (χ0) is 14.0. The van der Waals surface area contributed by atoms with Crippen LogP contribution in [0.1, 0.15) is 41.8 Å². The van der Waals surface area contributed by atoms with E-state index < -0.39 is 6.10 Å². The fraction of sp³-hybridized carbons (Fsp3) is 0.400. The number of aryl methyl sites for hydroxylation is 3. The Morgan fingerprint density at radius 3 is 2.53 bits per heavy atom. The molecule has 1 aromatic heterocycles. The van der Waals surface area contributed by atoms with Crippen LogP contribution in [0.5, 0.6) is 0 Å². The summed E-state index contributed by atoms with van der Waals surface area (Å²) in [5.74, 6) is 0. The third-order valence-corrected chi connectivity index (χ3v) is 3.95. The Labute approximate surface area is 122 Å². The summed E-state index contributed by atoms with van der Waals surface area (Å²) in [4.78, 5) is 0. The number of hydrogen-bond acceptors (Lipinski definition) is 2. The molecular formula is C15H19BrN2O. The molecule has 102 valence electrons. The lowest BCUT2D eigenvalue weighted by Crippen LogP contribution is -2.12. The summed E-state index contributed by atoms with van der Waals surface area (Å²) < 4.78 is 2.73. The highest BCUT2D eigenvalue weighted by atomic mass is 79.9. The van der Waals surface area contributed by atoms with Gasteiger partial charge < -0.3 is 5.11 Å². The summed E-state index contributed by atoms with van der Waals surface area (Å²) in [5.41, 5.74) is 4.01. The van der Waals surface area contributed by atoms with Crippen molar-refractivity contribution in [2.24, 2.45) is 0 Å². The van der Waals surface area contributed by atoms with Crippen LogP contribution in [0.15, 0.2) is 28.9 Å². The Morgan fingerprint density at radius 1 is 1.32 bits per heavy atom. The summed E-state index contributed by atoms with van der Waals surface area (Å²) >= 11 is 3.49. The van der Waals surface area contributed by atoms with Crippen molar-refractivity contribution in [3.63, 3.8) is 0 Å². The first-order valence-electron chi connectivity index (χ1n) is 6.51. The lowest BCUT2D eigenvalue weighted by Gasteiger charge is -2.18. The van der Waals surface area contributed by atoms with Crippen molar-refractivity contribution in [3.8, 4) is 0 Å². The van der Waals surface area contributed by atoms with Crippen LogP contribution in [0.25, 0.3) is 0 Å². The molecule has 0 aliphatic heterocycles. The topological polar surface area (TPSA) is 38.0 Å². The second kappa shape index (κ2) is 5.88. The number of hydrogen-bond donors (Lipinski definition) is 1. The average molecular weight is 323 g/mol. The SMILES string of the molecule is CCCn1ncc(Br)c1C(O)c1c(C)cccc1C. The van der Waals surface area contributed by atoms with Gasteiger partial charge in [-0.2, -0.15) is 5.10 Å². The second-order valence-electron chi connectivity index (χ2n) is 4.81. The van der Waals surface area contributed by atoms with Gasteiger partial charge in [0.25, 0.3) is 0 Å². The summed E-state index contributed by atoms with van der Waals surface area (Å²) in [6.45, 7) is 6.97. The molecule has 1 heterocycles. The van der Waals surface area contributed by atoms with E-state index in [1.54, 1.807) is 6.20 Å². The second-order valence-corrected chi connectivity index (χ2v) is 5.66. The van der Waals surface area contributed by atoms with Gasteiger partial charge in [0.1, 0.15) is 6.10 Å². The molecular weight excluding hydrogens is 304 g/mol. The first-order chi connectivity index (χ1) is 9.06. The van der Waals surface area contributed by atoms with E-state index in [1.807, 2.05) is 36.7 Å². The first-order valence-corrected chi connectivity index (χ1v) is 7.31. The fourth-order valence-electron chi connectivity index (χ4n) is 2.43. The van der Waals surface area contributed by atoms with Crippen molar-refractivity contribution in [3.05, 3.63) is 51.3 Å². The highest BCUT2D eigenvalue weighted by Gasteiger charge is 2.22. The smallest absolute Gasteiger partial charge is 0.122 e. The molecule has 2 rings (SSSR count). The summed E-state index contributed by atoms with van der Waals surface area (Å²) in [7, 11) is 0. The minimum absolute atomic E-state index is 0.648. The summed E-state index contributed by atoms with van der Waals surface area (Å²) in [6, 6.07) is 6.07. The van der Waals surface area contributed by atoms with E-state index in [9.17, 15) is 5.11 Å². The molecule has 1 N–H and O–H groups in total. The molecule has 2 aromatic rings. The van der Waals surface area contributed by atoms with Crippen molar-refractivity contribution < 1.29 is 5.11 Å². The number of aromatic nitrogens is 2. The van der Waals surface area contributed by atoms with Crippen molar-refractivity contribution in [1.82, 2.24) is 9.78 Å². The predicted octanol–water partition coefficient (Wildman–Crippen LogP) is 3.75. The lowest BCUT2D eigenvalue weighted by molar-refractivity contribution is 0.205. The van der Waals surface area contributed by atoms with Gasteiger partial charge in [-0.05, 0) is 52.9 Å². The number of aliphatic hydroxyl groups excluding tert-OH is 1. The maximum Gasteiger partial charge on any atom is 0.122 e. The largest absolute Gasteiger partial charge is 0.382 e. The van der Waals surface area contributed by atoms with Crippen molar-refractivity contribution in [2.45, 2.75) is 39.8 Å². The zero-order valence-corrected chi connectivity index (χ0v) is 13.1. The molecule has 0 spiro atoms. The maximum absolute atomic E-state index is 10.7. The molecule has 3 nitrogen and oxygen atoms in total. The number of benzene rings is 1. The molecule has 0 bridgehead atoms. The molecule has 1 atom stereocenters. The molecule has 1 unspecified atom stereocenters. The lowest BCUT2D eigenvalue weighted by atomic mass is 9.96. The molecule has 19 heavy (non-hydrogen) atoms. The molecule has 0 aliphatic carbocycles. The van der Waals surface area contributed by atoms with Crippen molar-refractivity contribution >= 4 is 15.9 Å². The minimum atomic E-state index is -0.648. The van der Waals surface area contributed by atoms with Crippen LogP contribution in [0.2, 0.25) is 0 Å². The number of halogens is 1. The Kier molecular flexibility index (Phi) is 4.42. The van der Waals surface area contributed by atoms with E-state index in [-0.39, 0.29) is 0 Å². The third-order valence-electron chi connectivity index (χ3n) is 3.34. The minimum Gasteiger partial charge on any atom is -0.382 e. The van der Waals surface area contributed by atoms with Crippen LogP contribution in [0.3, 0.4) is 0 Å². The quantitative estimate of drug-likeness (QED) is 0.930. The van der Waals surface area contributed by atoms with Crippen LogP contribution in [-0.4, -0.2) is 14.9 Å². The monoisotopic (exact) mass is 322 g/mol. The van der Waals surface area contributed by atoms with E-state index in [0.717, 1.165) is 39.8 Å². The number of rotatable bonds is 4. The molecule has 0 saturated heterocycles. The Morgan fingerprint density at radius 2 is 1.95 bits per heavy atom. The van der Waals surface area contributed by atoms with Gasteiger partial charge in [-0.1, -0.05) is 25.1 Å². The zero-order valence-electron chi connectivity index (χ0n) is 11.5. The molecule has 0 radical (unpaired) electrons. The van der Waals surface area contributed by atoms with E-state index in [1.165, 1.54) is 0 Å². The standard InChI is InChI=1S/C15H19BrN2O/c1-4-8-18-14(12(16)9-17-18)15(19)13-10(2)6-5-7-11(13)3/h5-7,9,15,19H,4,8H2,1-3H3. The van der Waals surface area contributed by atoms with Gasteiger partial charge in [0.15, 0.2) is 0 Å². The Balaban J connectivity index is 2.50. The fourth-order valence-corrected chi connectivity index (χ4v) is 2.94. The van der Waals surface area contributed by atoms with Crippen molar-refractivity contribution in [2.75, 3.05) is 0 Å². The molecule has 0 amide bonds. The highest BCUT2D eigenvalue weighted by molar-refractivity contribution is 9.10. The van der Waals surface area contributed by atoms with E-state index in [0.29, 0.717) is 0 Å². The van der Waals surface area contributed by atoms with E-state index in [4.69, 9.17) is 0 Å². The Hall–Kier alpha value is -1.13. The van der Waals surface area contributed by atoms with Crippen LogP contribution in [0, 0.1) is 13.8 Å². The van der Waals surface area contributed by atoms with Gasteiger partial charge in [-0.25, -0.2) is 0 Å².